The number of ether oxygens (including phenoxy) is 2. The first kappa shape index (κ1) is 51.0. The number of pyridine rings is 1. The van der Waals surface area contributed by atoms with Crippen LogP contribution in [0.25, 0.3) is 32.9 Å². The Bertz CT molecular complexity index is 3370. The van der Waals surface area contributed by atoms with E-state index in [1.54, 1.807) is 23.1 Å². The fraction of sp³-hybridized carbons (Fsp3) is 0.439. The molecule has 6 saturated heterocycles. The first-order valence-electron chi connectivity index (χ1n) is 26.8. The molecule has 5 amide bonds. The fourth-order valence-corrected chi connectivity index (χ4v) is 12.9. The minimum Gasteiger partial charge on any atom is -0.508 e. The summed E-state index contributed by atoms with van der Waals surface area (Å²) in [6.07, 6.45) is 12.9. The summed E-state index contributed by atoms with van der Waals surface area (Å²) in [6, 6.07) is 9.82. The Morgan fingerprint density at radius 1 is 0.974 bits per heavy atom. The summed E-state index contributed by atoms with van der Waals surface area (Å²) in [7, 11) is 0. The standard InChI is InChI=1S/C57H59F2N11O8/c1-3-38-42(58)12-9-33-23-37(71)24-40(46(33)38)49-48(59)50-41(26-61-49)51(68-28-34-10-11-35(29-68)62-34)65-55(64-50)78-31-57-16-15-36(69(57)27-32(2)25-57)30-77-56(76)67-21-19-66(20-22-67)18-5-4-17-60-43-8-6-7-39-47(43)54(75)70(53(39)74)44-13-14-45(72)63-52(44)73/h1,6-9,12,23-24,26,34-36,44,60,62,71H,2,4-5,10-11,13-22,25,27-31H2,(H,63,72,73)/t34?,35?,36-,44?,57-/m0/s1. The average molecular weight is 1060 g/mol. The summed E-state index contributed by atoms with van der Waals surface area (Å²) in [5.74, 6) is -0.900. The van der Waals surface area contributed by atoms with E-state index in [9.17, 15) is 29.1 Å². The van der Waals surface area contributed by atoms with Crippen molar-refractivity contribution in [3.05, 3.63) is 89.1 Å². The molecule has 6 fully saturated rings. The number of phenolic OH excluding ortho intramolecular Hbond substituents is 1. The molecule has 0 radical (unpaired) electrons. The van der Waals surface area contributed by atoms with Crippen LogP contribution in [0, 0.1) is 24.0 Å². The van der Waals surface area contributed by atoms with E-state index in [1.807, 2.05) is 0 Å². The van der Waals surface area contributed by atoms with Crippen molar-refractivity contribution in [2.75, 3.05) is 82.3 Å². The number of benzene rings is 3. The number of carbonyl (C=O) groups is 5. The van der Waals surface area contributed by atoms with Gasteiger partial charge < -0.3 is 35.0 Å². The number of piperidine rings is 1. The zero-order valence-corrected chi connectivity index (χ0v) is 43.0. The highest BCUT2D eigenvalue weighted by Crippen LogP contribution is 2.45. The highest BCUT2D eigenvalue weighted by Gasteiger charge is 2.52. The van der Waals surface area contributed by atoms with Crippen LogP contribution in [0.4, 0.5) is 25.1 Å². The summed E-state index contributed by atoms with van der Waals surface area (Å²) in [5, 5.41) is 21.0. The minimum absolute atomic E-state index is 0.0128. The highest BCUT2D eigenvalue weighted by molar-refractivity contribution is 6.25. The summed E-state index contributed by atoms with van der Waals surface area (Å²) < 4.78 is 45.0. The van der Waals surface area contributed by atoms with Crippen molar-refractivity contribution in [2.45, 2.75) is 87.5 Å². The number of hydrogen-bond donors (Lipinski definition) is 4. The number of nitrogens with zero attached hydrogens (tertiary/aromatic N) is 8. The molecule has 404 valence electrons. The van der Waals surface area contributed by atoms with Crippen LogP contribution in [0.2, 0.25) is 0 Å². The lowest BCUT2D eigenvalue weighted by molar-refractivity contribution is -0.136. The largest absolute Gasteiger partial charge is 0.508 e. The van der Waals surface area contributed by atoms with Crippen LogP contribution in [0.5, 0.6) is 11.8 Å². The van der Waals surface area contributed by atoms with Crippen LogP contribution >= 0.6 is 0 Å². The maximum Gasteiger partial charge on any atom is 0.409 e. The van der Waals surface area contributed by atoms with Gasteiger partial charge in [0.15, 0.2) is 5.82 Å². The summed E-state index contributed by atoms with van der Waals surface area (Å²) in [6.45, 7) is 10.4. The first-order chi connectivity index (χ1) is 37.7. The molecule has 0 aliphatic carbocycles. The Hall–Kier alpha value is -7.80. The zero-order valence-electron chi connectivity index (χ0n) is 43.0. The van der Waals surface area contributed by atoms with Crippen LogP contribution in [0.15, 0.2) is 60.8 Å². The molecule has 7 aliphatic rings. The van der Waals surface area contributed by atoms with Crippen LogP contribution in [0.1, 0.15) is 84.1 Å². The summed E-state index contributed by atoms with van der Waals surface area (Å²) >= 11 is 0. The number of piperazine rings is 2. The number of imide groups is 2. The van der Waals surface area contributed by atoms with Gasteiger partial charge in [-0.25, -0.2) is 13.6 Å². The number of anilines is 2. The van der Waals surface area contributed by atoms with E-state index in [2.05, 4.69) is 48.1 Å². The topological polar surface area (TPSA) is 215 Å². The number of rotatable bonds is 14. The van der Waals surface area contributed by atoms with Gasteiger partial charge in [0.25, 0.3) is 11.8 Å². The second-order valence-electron chi connectivity index (χ2n) is 21.7. The lowest BCUT2D eigenvalue weighted by Crippen LogP contribution is -2.54. The Balaban J connectivity index is 0.663. The van der Waals surface area contributed by atoms with Crippen molar-refractivity contribution in [1.82, 2.24) is 45.2 Å². The number of amides is 5. The van der Waals surface area contributed by atoms with Crippen LogP contribution in [0.3, 0.4) is 0 Å². The number of aromatic hydroxyl groups is 1. The maximum absolute atomic E-state index is 17.3. The van der Waals surface area contributed by atoms with Crippen molar-refractivity contribution in [2.24, 2.45) is 0 Å². The van der Waals surface area contributed by atoms with Crippen molar-refractivity contribution in [3.8, 4) is 35.4 Å². The van der Waals surface area contributed by atoms with E-state index in [-0.39, 0.29) is 101 Å². The second-order valence-corrected chi connectivity index (χ2v) is 21.7. The number of terminal acetylenes is 1. The quantitative estimate of drug-likeness (QED) is 0.0478. The number of aromatic nitrogens is 3. The number of unbranched alkanes of at least 4 members (excludes halogenated alkanes) is 1. The van der Waals surface area contributed by atoms with E-state index in [4.69, 9.17) is 25.9 Å². The Kier molecular flexibility index (Phi) is 13.4. The summed E-state index contributed by atoms with van der Waals surface area (Å²) in [4.78, 5) is 88.1. The van der Waals surface area contributed by atoms with E-state index >= 15 is 8.78 Å². The SMILES string of the molecule is C#Cc1c(F)ccc2cc(O)cc(-c3ncc4c(N5CC6CCC(C5)N6)nc(OC[C@@]56CC[C@@H](COC(=O)N7CCN(CCCCNc8cccc9c8C(=O)N(C8CCC(=O)NC8=O)C9=O)CC7)N5CC(=C)C6)nc4c3F)c12. The van der Waals surface area contributed by atoms with Crippen molar-refractivity contribution in [1.29, 1.82) is 0 Å². The molecule has 0 spiro atoms. The van der Waals surface area contributed by atoms with Gasteiger partial charge in [-0.2, -0.15) is 9.97 Å². The third-order valence-electron chi connectivity index (χ3n) is 16.8. The average Bonchev–Trinajstić information content (AvgIpc) is 4.31. The number of fused-ring (bicyclic) bond motifs is 6. The molecular weight excluding hydrogens is 1000 g/mol. The molecule has 12 rings (SSSR count). The third-order valence-corrected chi connectivity index (χ3v) is 16.8. The molecule has 3 unspecified atom stereocenters. The van der Waals surface area contributed by atoms with Gasteiger partial charge in [0.2, 0.25) is 11.8 Å². The smallest absolute Gasteiger partial charge is 0.409 e. The molecule has 2 aromatic heterocycles. The van der Waals surface area contributed by atoms with Gasteiger partial charge >= 0.3 is 12.1 Å². The molecule has 3 aromatic carbocycles. The molecule has 2 bridgehead atoms. The molecule has 5 aromatic rings. The van der Waals surface area contributed by atoms with Crippen LogP contribution in [-0.4, -0.2) is 171 Å². The molecule has 19 nitrogen and oxygen atoms in total. The lowest BCUT2D eigenvalue weighted by atomic mass is 9.94. The molecular formula is C57H59F2N11O8. The van der Waals surface area contributed by atoms with Gasteiger partial charge in [0.1, 0.15) is 47.9 Å². The molecule has 9 heterocycles. The summed E-state index contributed by atoms with van der Waals surface area (Å²) in [5.41, 5.74) is 1.37. The number of carbonyl (C=O) groups excluding carboxylic acids is 5. The Labute approximate surface area is 448 Å². The van der Waals surface area contributed by atoms with Gasteiger partial charge in [0, 0.05) is 99.7 Å². The maximum atomic E-state index is 17.3. The van der Waals surface area contributed by atoms with Gasteiger partial charge in [-0.05, 0) is 93.6 Å². The predicted molar refractivity (Wildman–Crippen MR) is 284 cm³/mol. The Morgan fingerprint density at radius 2 is 1.78 bits per heavy atom. The Morgan fingerprint density at radius 3 is 2.56 bits per heavy atom. The first-order valence-corrected chi connectivity index (χ1v) is 26.8. The predicted octanol–water partition coefficient (Wildman–Crippen LogP) is 5.34. The molecule has 0 saturated carbocycles. The number of nitrogens with one attached hydrogen (secondary N) is 3. The van der Waals surface area contributed by atoms with Gasteiger partial charge in [0.05, 0.1) is 27.6 Å². The van der Waals surface area contributed by atoms with Crippen molar-refractivity contribution in [3.63, 3.8) is 0 Å². The fourth-order valence-electron chi connectivity index (χ4n) is 12.9. The highest BCUT2D eigenvalue weighted by atomic mass is 19.1. The molecule has 21 heteroatoms. The van der Waals surface area contributed by atoms with E-state index in [1.165, 1.54) is 30.5 Å². The number of halogens is 2. The van der Waals surface area contributed by atoms with Crippen LogP contribution in [-0.2, 0) is 14.3 Å². The normalized spacial score (nSPS) is 24.3. The van der Waals surface area contributed by atoms with Gasteiger partial charge in [-0.15, -0.1) is 6.42 Å². The third kappa shape index (κ3) is 9.28. The number of phenols is 1. The lowest BCUT2D eigenvalue weighted by Gasteiger charge is -2.36. The van der Waals surface area contributed by atoms with E-state index in [0.29, 0.717) is 81.1 Å². The number of hydrogen-bond acceptors (Lipinski definition) is 16. The molecule has 4 N–H and O–H groups in total. The molecule has 5 atom stereocenters. The van der Waals surface area contributed by atoms with Crippen molar-refractivity contribution >= 4 is 62.9 Å². The van der Waals surface area contributed by atoms with Crippen molar-refractivity contribution < 1.29 is 47.3 Å². The van der Waals surface area contributed by atoms with Crippen LogP contribution < -0.4 is 25.6 Å². The molecule has 78 heavy (non-hydrogen) atoms. The molecule has 7 aliphatic heterocycles. The van der Waals surface area contributed by atoms with E-state index < -0.39 is 46.8 Å². The monoisotopic (exact) mass is 1060 g/mol. The van der Waals surface area contributed by atoms with E-state index in [0.717, 1.165) is 55.5 Å². The minimum atomic E-state index is -1.03. The van der Waals surface area contributed by atoms with Gasteiger partial charge in [-0.3, -0.25) is 44.2 Å². The second kappa shape index (κ2) is 20.5. The zero-order chi connectivity index (χ0) is 54.0. The van der Waals surface area contributed by atoms with Gasteiger partial charge in [-0.1, -0.05) is 30.2 Å².